The van der Waals surface area contributed by atoms with Crippen LogP contribution in [0, 0.1) is 5.82 Å². The van der Waals surface area contributed by atoms with Crippen LogP contribution in [0.25, 0.3) is 11.2 Å². The molecule has 4 aromatic rings. The molecule has 41 heavy (non-hydrogen) atoms. The number of ether oxygens (including phenoxy) is 5. The first-order valence-electron chi connectivity index (χ1n) is 12.0. The van der Waals surface area contributed by atoms with E-state index in [2.05, 4.69) is 15.0 Å². The minimum absolute atomic E-state index is 0.00952. The van der Waals surface area contributed by atoms with Crippen LogP contribution in [-0.2, 0) is 31.7 Å². The third kappa shape index (κ3) is 8.35. The lowest BCUT2D eigenvalue weighted by Crippen LogP contribution is -2.14. The fourth-order valence-corrected chi connectivity index (χ4v) is 4.36. The molecule has 0 aliphatic heterocycles. The summed E-state index contributed by atoms with van der Waals surface area (Å²) in [4.78, 5) is 34.5. The Balaban J connectivity index is 1.30. The number of aromatic amines is 1. The van der Waals surface area contributed by atoms with Gasteiger partial charge in [-0.05, 0) is 42.0 Å². The Hall–Kier alpha value is -4.30. The lowest BCUT2D eigenvalue weighted by Gasteiger charge is -2.18. The Morgan fingerprint density at radius 2 is 1.88 bits per heavy atom. The average Bonchev–Trinajstić information content (AvgIpc) is 3.37. The highest BCUT2D eigenvalue weighted by atomic mass is 31.2. The number of carbonyl (C=O) groups excluding carboxylic acids is 1. The van der Waals surface area contributed by atoms with E-state index in [0.717, 1.165) is 0 Å². The Labute approximate surface area is 234 Å². The number of nitrogens with zero attached hydrogens (tertiary/aromatic N) is 3. The number of benzene rings is 2. The van der Waals surface area contributed by atoms with E-state index in [9.17, 15) is 14.0 Å². The van der Waals surface area contributed by atoms with Gasteiger partial charge in [0.25, 0.3) is 5.56 Å². The first-order chi connectivity index (χ1) is 19.9. The van der Waals surface area contributed by atoms with Crippen LogP contribution >= 0.6 is 8.38 Å². The van der Waals surface area contributed by atoms with E-state index < -0.39 is 32.7 Å². The van der Waals surface area contributed by atoms with Crippen molar-refractivity contribution >= 4 is 31.6 Å². The first-order valence-corrected chi connectivity index (χ1v) is 13.4. The molecule has 0 saturated heterocycles. The van der Waals surface area contributed by atoms with E-state index in [4.69, 9.17) is 38.5 Å². The number of rotatable bonds is 14. The molecule has 0 aliphatic carbocycles. The highest BCUT2D eigenvalue weighted by molar-refractivity contribution is 7.46. The number of hydrogen-bond acceptors (Lipinski definition) is 12. The molecule has 0 saturated carbocycles. The maximum absolute atomic E-state index is 14.1. The Bertz CT molecular complexity index is 1520. The number of H-pyrrole nitrogens is 1. The van der Waals surface area contributed by atoms with Gasteiger partial charge < -0.3 is 38.5 Å². The quantitative estimate of drug-likeness (QED) is 0.0719. The van der Waals surface area contributed by atoms with E-state index in [1.807, 2.05) is 0 Å². The van der Waals surface area contributed by atoms with E-state index >= 15 is 0 Å². The number of nitrogens with two attached hydrogens (primary N) is 1. The number of fused-ring (bicyclic) bond motifs is 1. The third-order valence-corrected chi connectivity index (χ3v) is 6.60. The molecular weight excluding hydrogens is 564 g/mol. The number of halogens is 1. The molecule has 218 valence electrons. The van der Waals surface area contributed by atoms with Gasteiger partial charge in [-0.1, -0.05) is 6.07 Å². The van der Waals surface area contributed by atoms with Gasteiger partial charge in [-0.25, -0.2) is 14.2 Å². The minimum atomic E-state index is -1.76. The summed E-state index contributed by atoms with van der Waals surface area (Å²) < 4.78 is 52.9. The summed E-state index contributed by atoms with van der Waals surface area (Å²) in [5.41, 5.74) is 6.17. The number of carbonyl (C=O) groups is 1. The molecule has 3 N–H and O–H groups in total. The van der Waals surface area contributed by atoms with Crippen LogP contribution in [0.2, 0.25) is 0 Å². The SMILES string of the molecule is COc1ccc(OC(=O)OCOP(COCCn2cnc3c(=O)[nH]c(N)nc32)OCc2ccc(OC)c(F)c2)cc1. The Kier molecular flexibility index (Phi) is 10.4. The second kappa shape index (κ2) is 14.4. The smallest absolute Gasteiger partial charge is 0.497 e. The van der Waals surface area contributed by atoms with Crippen molar-refractivity contribution in [1.82, 2.24) is 19.5 Å². The van der Waals surface area contributed by atoms with Crippen LogP contribution in [0.5, 0.6) is 17.2 Å². The van der Waals surface area contributed by atoms with E-state index in [0.29, 0.717) is 23.5 Å². The molecule has 14 nitrogen and oxygen atoms in total. The van der Waals surface area contributed by atoms with Gasteiger partial charge in [0.15, 0.2) is 22.7 Å². The van der Waals surface area contributed by atoms with Gasteiger partial charge in [0.2, 0.25) is 21.1 Å². The zero-order valence-corrected chi connectivity index (χ0v) is 23.0. The van der Waals surface area contributed by atoms with Crippen LogP contribution in [0.4, 0.5) is 15.1 Å². The monoisotopic (exact) mass is 591 g/mol. The summed E-state index contributed by atoms with van der Waals surface area (Å²) >= 11 is 0. The van der Waals surface area contributed by atoms with Crippen molar-refractivity contribution in [1.29, 1.82) is 0 Å². The van der Waals surface area contributed by atoms with E-state index in [1.54, 1.807) is 34.9 Å². The molecular formula is C25H27FN5O9P. The topological polar surface area (TPSA) is 171 Å². The highest BCUT2D eigenvalue weighted by Gasteiger charge is 2.16. The Morgan fingerprint density at radius 1 is 1.10 bits per heavy atom. The molecule has 0 aliphatic rings. The number of imidazole rings is 1. The van der Waals surface area contributed by atoms with Crippen molar-refractivity contribution in [2.45, 2.75) is 13.2 Å². The molecule has 0 radical (unpaired) electrons. The van der Waals surface area contributed by atoms with Gasteiger partial charge >= 0.3 is 6.16 Å². The van der Waals surface area contributed by atoms with E-state index in [1.165, 1.54) is 32.7 Å². The first kappa shape index (κ1) is 29.7. The number of hydrogen-bond donors (Lipinski definition) is 2. The zero-order chi connectivity index (χ0) is 29.2. The van der Waals surface area contributed by atoms with Gasteiger partial charge in [-0.2, -0.15) is 4.98 Å². The highest BCUT2D eigenvalue weighted by Crippen LogP contribution is 2.39. The zero-order valence-electron chi connectivity index (χ0n) is 22.1. The summed E-state index contributed by atoms with van der Waals surface area (Å²) in [7, 11) is 1.13. The molecule has 2 heterocycles. The normalized spacial score (nSPS) is 11.8. The van der Waals surface area contributed by atoms with Crippen molar-refractivity contribution in [3.63, 3.8) is 0 Å². The summed E-state index contributed by atoms with van der Waals surface area (Å²) in [5.74, 6) is 0.384. The Morgan fingerprint density at radius 3 is 2.61 bits per heavy atom. The summed E-state index contributed by atoms with van der Waals surface area (Å²) in [6.07, 6.45) is 0.441. The minimum Gasteiger partial charge on any atom is -0.497 e. The van der Waals surface area contributed by atoms with Crippen LogP contribution in [-0.4, -0.2) is 59.6 Å². The lowest BCUT2D eigenvalue weighted by molar-refractivity contribution is 0.0244. The maximum atomic E-state index is 14.1. The van der Waals surface area contributed by atoms with Crippen molar-refractivity contribution in [2.75, 3.05) is 39.7 Å². The summed E-state index contributed by atoms with van der Waals surface area (Å²) in [5, 5.41) is 0. The number of aromatic nitrogens is 4. The molecule has 1 unspecified atom stereocenters. The summed E-state index contributed by atoms with van der Waals surface area (Å²) in [6, 6.07) is 10.7. The molecule has 0 bridgehead atoms. The standard InChI is InChI=1S/C25H27FN5O9P/c1-34-17-4-6-18(7-5-17)40-25(33)37-14-39-41(38-12-16-3-8-20(35-2)19(26)11-16)15-36-10-9-31-13-28-21-22(31)29-24(27)30-23(21)32/h3-8,11,13H,9-10,12,14-15H2,1-2H3,(H3,27,29,30,32). The average molecular weight is 591 g/mol. The predicted molar refractivity (Wildman–Crippen MR) is 144 cm³/mol. The second-order valence-corrected chi connectivity index (χ2v) is 9.53. The third-order valence-electron chi connectivity index (χ3n) is 5.39. The van der Waals surface area contributed by atoms with Crippen LogP contribution < -0.4 is 25.5 Å². The van der Waals surface area contributed by atoms with Crippen molar-refractivity contribution in [2.24, 2.45) is 0 Å². The van der Waals surface area contributed by atoms with Crippen molar-refractivity contribution in [3.8, 4) is 17.2 Å². The molecule has 2 aromatic carbocycles. The van der Waals surface area contributed by atoms with Gasteiger partial charge in [0.1, 0.15) is 17.8 Å². The van der Waals surface area contributed by atoms with Crippen LogP contribution in [0.15, 0.2) is 53.6 Å². The number of nitrogens with one attached hydrogen (secondary N) is 1. The molecule has 2 aromatic heterocycles. The fourth-order valence-electron chi connectivity index (χ4n) is 3.40. The van der Waals surface area contributed by atoms with Gasteiger partial charge in [-0.15, -0.1) is 0 Å². The fraction of sp³-hybridized carbons (Fsp3) is 0.280. The predicted octanol–water partition coefficient (Wildman–Crippen LogP) is 3.55. The van der Waals surface area contributed by atoms with Crippen LogP contribution in [0.1, 0.15) is 5.56 Å². The number of anilines is 1. The van der Waals surface area contributed by atoms with Gasteiger partial charge in [-0.3, -0.25) is 14.3 Å². The summed E-state index contributed by atoms with van der Waals surface area (Å²) in [6.45, 7) is -0.0313. The number of methoxy groups -OCH3 is 2. The van der Waals surface area contributed by atoms with Gasteiger partial charge in [0, 0.05) is 6.54 Å². The molecule has 16 heteroatoms. The molecule has 0 fully saturated rings. The van der Waals surface area contributed by atoms with Crippen molar-refractivity contribution in [3.05, 3.63) is 70.5 Å². The van der Waals surface area contributed by atoms with Crippen LogP contribution in [0.3, 0.4) is 0 Å². The second-order valence-electron chi connectivity index (χ2n) is 8.09. The number of nitrogen functional groups attached to an aromatic ring is 1. The molecule has 0 amide bonds. The van der Waals surface area contributed by atoms with Crippen molar-refractivity contribution < 1.29 is 41.9 Å². The largest absolute Gasteiger partial charge is 0.515 e. The van der Waals surface area contributed by atoms with E-state index in [-0.39, 0.29) is 42.5 Å². The van der Waals surface area contributed by atoms with Gasteiger partial charge in [0.05, 0.1) is 33.8 Å². The lowest BCUT2D eigenvalue weighted by atomic mass is 10.2. The maximum Gasteiger partial charge on any atom is 0.515 e. The molecule has 4 rings (SSSR count). The molecule has 0 spiro atoms. The molecule has 1 atom stereocenters.